The molecule has 0 aliphatic heterocycles. The van der Waals surface area contributed by atoms with Gasteiger partial charge < -0.3 is 4.90 Å². The minimum Gasteiger partial charge on any atom is -0.335 e. The lowest BCUT2D eigenvalue weighted by atomic mass is 10.1. The SMILES string of the molecule is O=C(c1ccc(Br)cc1C(F)(F)F)N(CCBr)C1CC1. The van der Waals surface area contributed by atoms with E-state index >= 15 is 0 Å². The van der Waals surface area contributed by atoms with Crippen molar-refractivity contribution in [3.63, 3.8) is 0 Å². The normalized spacial score (nSPS) is 15.2. The van der Waals surface area contributed by atoms with Crippen molar-refractivity contribution in [3.8, 4) is 0 Å². The van der Waals surface area contributed by atoms with Gasteiger partial charge in [0.15, 0.2) is 0 Å². The van der Waals surface area contributed by atoms with Crippen molar-refractivity contribution >= 4 is 37.8 Å². The monoisotopic (exact) mass is 413 g/mol. The summed E-state index contributed by atoms with van der Waals surface area (Å²) in [6.07, 6.45) is -2.83. The van der Waals surface area contributed by atoms with Crippen molar-refractivity contribution in [2.24, 2.45) is 0 Å². The highest BCUT2D eigenvalue weighted by atomic mass is 79.9. The van der Waals surface area contributed by atoms with Crippen LogP contribution < -0.4 is 0 Å². The molecular formula is C13H12Br2F3NO. The van der Waals surface area contributed by atoms with Gasteiger partial charge >= 0.3 is 6.18 Å². The molecule has 1 fully saturated rings. The molecule has 1 amide bonds. The highest BCUT2D eigenvalue weighted by Crippen LogP contribution is 2.36. The van der Waals surface area contributed by atoms with E-state index in [1.165, 1.54) is 17.0 Å². The average molecular weight is 415 g/mol. The molecule has 7 heteroatoms. The first kappa shape index (κ1) is 15.8. The second-order valence-corrected chi connectivity index (χ2v) is 6.32. The Labute approximate surface area is 131 Å². The fraction of sp³-hybridized carbons (Fsp3) is 0.462. The number of benzene rings is 1. The lowest BCUT2D eigenvalue weighted by molar-refractivity contribution is -0.138. The molecule has 0 unspecified atom stereocenters. The molecule has 0 bridgehead atoms. The fourth-order valence-corrected chi connectivity index (χ4v) is 2.76. The molecule has 0 radical (unpaired) electrons. The second kappa shape index (κ2) is 6.05. The van der Waals surface area contributed by atoms with Gasteiger partial charge in [0.25, 0.3) is 5.91 Å². The molecule has 1 aromatic carbocycles. The van der Waals surface area contributed by atoms with E-state index in [1.54, 1.807) is 0 Å². The summed E-state index contributed by atoms with van der Waals surface area (Å²) in [5, 5.41) is 0.549. The third-order valence-corrected chi connectivity index (χ3v) is 3.94. The Morgan fingerprint density at radius 3 is 2.50 bits per heavy atom. The van der Waals surface area contributed by atoms with Gasteiger partial charge in [0, 0.05) is 22.4 Å². The van der Waals surface area contributed by atoms with Gasteiger partial charge in [0.1, 0.15) is 0 Å². The standard InChI is InChI=1S/C13H12Br2F3NO/c14-5-6-19(9-2-3-9)12(20)10-4-1-8(15)7-11(10)13(16,17)18/h1,4,7,9H,2-3,5-6H2. The van der Waals surface area contributed by atoms with Crippen molar-refractivity contribution < 1.29 is 18.0 Å². The van der Waals surface area contributed by atoms with Crippen LogP contribution in [0.1, 0.15) is 28.8 Å². The van der Waals surface area contributed by atoms with Gasteiger partial charge in [-0.15, -0.1) is 0 Å². The summed E-state index contributed by atoms with van der Waals surface area (Å²) in [5.41, 5.74) is -1.18. The van der Waals surface area contributed by atoms with Crippen LogP contribution in [0.25, 0.3) is 0 Å². The van der Waals surface area contributed by atoms with Gasteiger partial charge in [0.2, 0.25) is 0 Å². The van der Waals surface area contributed by atoms with Gasteiger partial charge in [-0.05, 0) is 31.0 Å². The molecule has 2 nitrogen and oxygen atoms in total. The topological polar surface area (TPSA) is 20.3 Å². The third-order valence-electron chi connectivity index (χ3n) is 3.09. The number of alkyl halides is 4. The molecule has 2 rings (SSSR count). The zero-order valence-corrected chi connectivity index (χ0v) is 13.6. The van der Waals surface area contributed by atoms with E-state index in [1.807, 2.05) is 0 Å². The lowest BCUT2D eigenvalue weighted by Gasteiger charge is -2.23. The van der Waals surface area contributed by atoms with Crippen LogP contribution in [-0.2, 0) is 6.18 Å². The molecule has 1 aliphatic rings. The van der Waals surface area contributed by atoms with Crippen LogP contribution >= 0.6 is 31.9 Å². The number of carbonyl (C=O) groups is 1. The highest BCUT2D eigenvalue weighted by Gasteiger charge is 2.39. The highest BCUT2D eigenvalue weighted by molar-refractivity contribution is 9.10. The number of nitrogens with zero attached hydrogens (tertiary/aromatic N) is 1. The van der Waals surface area contributed by atoms with Crippen molar-refractivity contribution in [2.75, 3.05) is 11.9 Å². The first-order valence-corrected chi connectivity index (χ1v) is 7.99. The molecule has 110 valence electrons. The Balaban J connectivity index is 2.38. The van der Waals surface area contributed by atoms with E-state index in [9.17, 15) is 18.0 Å². The summed E-state index contributed by atoms with van der Waals surface area (Å²) in [6.45, 7) is 0.414. The molecule has 1 saturated carbocycles. The Morgan fingerprint density at radius 2 is 2.00 bits per heavy atom. The Hall–Kier alpha value is -0.560. The van der Waals surface area contributed by atoms with Crippen LogP contribution in [0.15, 0.2) is 22.7 Å². The predicted octanol–water partition coefficient (Wildman–Crippen LogP) is 4.47. The van der Waals surface area contributed by atoms with Crippen LogP contribution in [0.5, 0.6) is 0 Å². The largest absolute Gasteiger partial charge is 0.417 e. The lowest BCUT2D eigenvalue weighted by Crippen LogP contribution is -2.35. The third kappa shape index (κ3) is 3.55. The van der Waals surface area contributed by atoms with E-state index in [4.69, 9.17) is 0 Å². The summed E-state index contributed by atoms with van der Waals surface area (Å²) in [4.78, 5) is 13.9. The number of carbonyl (C=O) groups excluding carboxylic acids is 1. The first-order valence-electron chi connectivity index (χ1n) is 6.08. The number of hydrogen-bond donors (Lipinski definition) is 0. The summed E-state index contributed by atoms with van der Waals surface area (Å²) in [5.74, 6) is -0.549. The zero-order valence-electron chi connectivity index (χ0n) is 10.4. The van der Waals surface area contributed by atoms with Crippen LogP contribution in [0.3, 0.4) is 0 Å². The Bertz CT molecular complexity index is 515. The van der Waals surface area contributed by atoms with Crippen molar-refractivity contribution in [2.45, 2.75) is 25.1 Å². The minimum absolute atomic E-state index is 0.0739. The second-order valence-electron chi connectivity index (χ2n) is 4.61. The van der Waals surface area contributed by atoms with E-state index < -0.39 is 17.6 Å². The number of amides is 1. The van der Waals surface area contributed by atoms with Gasteiger partial charge in [0.05, 0.1) is 11.1 Å². The van der Waals surface area contributed by atoms with Gasteiger partial charge in [-0.25, -0.2) is 0 Å². The molecule has 0 atom stereocenters. The summed E-state index contributed by atoms with van der Waals surface area (Å²) < 4.78 is 39.5. The van der Waals surface area contributed by atoms with Crippen molar-refractivity contribution in [1.82, 2.24) is 4.90 Å². The smallest absolute Gasteiger partial charge is 0.335 e. The predicted molar refractivity (Wildman–Crippen MR) is 77.0 cm³/mol. The van der Waals surface area contributed by atoms with Crippen molar-refractivity contribution in [3.05, 3.63) is 33.8 Å². The van der Waals surface area contributed by atoms with Gasteiger partial charge in [-0.3, -0.25) is 4.79 Å². The maximum absolute atomic E-state index is 13.1. The van der Waals surface area contributed by atoms with E-state index in [-0.39, 0.29) is 11.6 Å². The van der Waals surface area contributed by atoms with E-state index in [2.05, 4.69) is 31.9 Å². The molecule has 1 aromatic rings. The maximum atomic E-state index is 13.1. The molecule has 1 aliphatic carbocycles. The average Bonchev–Trinajstić information content (AvgIpc) is 3.18. The van der Waals surface area contributed by atoms with Crippen LogP contribution in [0.4, 0.5) is 13.2 Å². The Morgan fingerprint density at radius 1 is 1.35 bits per heavy atom. The number of halogens is 5. The zero-order chi connectivity index (χ0) is 14.9. The van der Waals surface area contributed by atoms with Gasteiger partial charge in [-0.2, -0.15) is 13.2 Å². The van der Waals surface area contributed by atoms with Crippen LogP contribution in [0, 0.1) is 0 Å². The Kier molecular flexibility index (Phi) is 4.79. The summed E-state index contributed by atoms with van der Waals surface area (Å²) >= 11 is 6.25. The van der Waals surface area contributed by atoms with E-state index in [0.717, 1.165) is 18.9 Å². The van der Waals surface area contributed by atoms with Crippen LogP contribution in [0.2, 0.25) is 0 Å². The molecule has 0 saturated heterocycles. The van der Waals surface area contributed by atoms with Gasteiger partial charge in [-0.1, -0.05) is 31.9 Å². The summed E-state index contributed by atoms with van der Waals surface area (Å²) in [6, 6.07) is 3.72. The van der Waals surface area contributed by atoms with Crippen molar-refractivity contribution in [1.29, 1.82) is 0 Å². The van der Waals surface area contributed by atoms with E-state index in [0.29, 0.717) is 16.3 Å². The molecule has 0 spiro atoms. The number of hydrogen-bond acceptors (Lipinski definition) is 1. The molecule has 20 heavy (non-hydrogen) atoms. The summed E-state index contributed by atoms with van der Waals surface area (Å²) in [7, 11) is 0. The maximum Gasteiger partial charge on any atom is 0.417 e. The molecule has 0 N–H and O–H groups in total. The minimum atomic E-state index is -4.54. The molecule has 0 aromatic heterocycles. The quantitative estimate of drug-likeness (QED) is 0.665. The molecule has 0 heterocycles. The fourth-order valence-electron chi connectivity index (χ4n) is 2.02. The molecular weight excluding hydrogens is 403 g/mol. The van der Waals surface area contributed by atoms with Crippen LogP contribution in [-0.4, -0.2) is 28.7 Å². The first-order chi connectivity index (χ1) is 9.34. The number of rotatable bonds is 4.